The monoisotopic (exact) mass is 216 g/mol. The van der Waals surface area contributed by atoms with Crippen LogP contribution in [0, 0.1) is 0 Å². The lowest BCUT2D eigenvalue weighted by Crippen LogP contribution is -2.31. The van der Waals surface area contributed by atoms with Crippen molar-refractivity contribution in [2.45, 2.75) is 44.4 Å². The summed E-state index contributed by atoms with van der Waals surface area (Å²) in [6.45, 7) is 2.23. The van der Waals surface area contributed by atoms with E-state index in [0.717, 1.165) is 16.7 Å². The van der Waals surface area contributed by atoms with Gasteiger partial charge < -0.3 is 9.47 Å². The lowest BCUT2D eigenvalue weighted by molar-refractivity contribution is -0.105. The molecule has 0 radical (unpaired) electrons. The van der Waals surface area contributed by atoms with Gasteiger partial charge in [0.2, 0.25) is 0 Å². The summed E-state index contributed by atoms with van der Waals surface area (Å²) in [5, 5.41) is 0. The van der Waals surface area contributed by atoms with E-state index in [1.54, 1.807) is 14.2 Å². The number of hydrogen-bond donors (Lipinski definition) is 0. The predicted molar refractivity (Wildman–Crippen MR) is 64.6 cm³/mol. The van der Waals surface area contributed by atoms with Gasteiger partial charge in [0.25, 0.3) is 0 Å². The van der Waals surface area contributed by atoms with Crippen molar-refractivity contribution in [3.8, 4) is 0 Å². The molecule has 0 atom stereocenters. The first-order chi connectivity index (χ1) is 6.68. The third-order valence-electron chi connectivity index (χ3n) is 2.46. The number of rotatable bonds is 8. The summed E-state index contributed by atoms with van der Waals surface area (Å²) < 4.78 is 10.5. The van der Waals surface area contributed by atoms with E-state index in [-0.39, 0.29) is 0 Å². The first-order valence-corrected chi connectivity index (χ1v) is 6.46. The van der Waals surface area contributed by atoms with E-state index in [2.05, 4.69) is 13.0 Å². The van der Waals surface area contributed by atoms with Gasteiger partial charge in [-0.05, 0) is 18.9 Å². The second-order valence-electron chi connectivity index (χ2n) is 3.68. The van der Waals surface area contributed by atoms with Gasteiger partial charge in [-0.1, -0.05) is 32.3 Å². The van der Waals surface area contributed by atoms with Crippen molar-refractivity contribution in [3.05, 3.63) is 12.2 Å². The lowest BCUT2D eigenvalue weighted by Gasteiger charge is -2.22. The molecular weight excluding hydrogens is 192 g/mol. The van der Waals surface area contributed by atoms with Crippen LogP contribution in [0.25, 0.3) is 0 Å². The second kappa shape index (κ2) is 8.21. The molecule has 0 N–H and O–H groups in total. The molecule has 0 rings (SSSR count). The summed E-state index contributed by atoms with van der Waals surface area (Å²) in [4.78, 5) is 0. The van der Waals surface area contributed by atoms with E-state index < -0.39 is 5.41 Å². The third-order valence-corrected chi connectivity index (χ3v) is 3.61. The fourth-order valence-corrected chi connectivity index (χ4v) is 1.44. The average Bonchev–Trinajstić information content (AvgIpc) is 2.23. The summed E-state index contributed by atoms with van der Waals surface area (Å²) in [6.07, 6.45) is 10.6. The van der Waals surface area contributed by atoms with Gasteiger partial charge in [-0.2, -0.15) is 0 Å². The molecule has 0 aromatic carbocycles. The highest BCUT2D eigenvalue weighted by Gasteiger charge is 2.16. The molecule has 0 heterocycles. The van der Waals surface area contributed by atoms with E-state index in [9.17, 15) is 0 Å². The van der Waals surface area contributed by atoms with E-state index in [4.69, 9.17) is 9.47 Å². The summed E-state index contributed by atoms with van der Waals surface area (Å²) >= 11 is 0. The van der Waals surface area contributed by atoms with Crippen LogP contribution in [-0.2, 0) is 9.47 Å². The third kappa shape index (κ3) is 6.35. The first kappa shape index (κ1) is 13.9. The fraction of sp³-hybridized carbons (Fsp3) is 0.818. The quantitative estimate of drug-likeness (QED) is 0.267. The van der Waals surface area contributed by atoms with Crippen molar-refractivity contribution in [1.82, 2.24) is 0 Å². The topological polar surface area (TPSA) is 18.5 Å². The average molecular weight is 216 g/mol. The maximum Gasteiger partial charge on any atom is 0.158 e. The Morgan fingerprint density at radius 3 is 2.29 bits per heavy atom. The predicted octanol–water partition coefficient (Wildman–Crippen LogP) is 1.82. The van der Waals surface area contributed by atoms with Crippen molar-refractivity contribution in [1.29, 1.82) is 0 Å². The normalized spacial score (nSPS) is 12.8. The highest BCUT2D eigenvalue weighted by atomic mass is 28.1. The summed E-state index contributed by atoms with van der Waals surface area (Å²) in [5.41, 5.74) is -0.412. The van der Waals surface area contributed by atoms with Crippen molar-refractivity contribution in [3.63, 3.8) is 0 Å². The maximum absolute atomic E-state index is 5.27. The maximum atomic E-state index is 5.27. The van der Waals surface area contributed by atoms with Crippen LogP contribution in [0.2, 0.25) is 0 Å². The molecule has 0 bridgehead atoms. The van der Waals surface area contributed by atoms with Gasteiger partial charge in [0.05, 0.1) is 10.2 Å². The van der Waals surface area contributed by atoms with E-state index in [1.807, 2.05) is 6.08 Å². The zero-order valence-corrected chi connectivity index (χ0v) is 12.0. The van der Waals surface area contributed by atoms with Crippen molar-refractivity contribution in [2.75, 3.05) is 14.2 Å². The van der Waals surface area contributed by atoms with Gasteiger partial charge in [-0.15, -0.1) is 0 Å². The van der Waals surface area contributed by atoms with Crippen molar-refractivity contribution in [2.24, 2.45) is 0 Å². The molecular formula is C11H24O2Si. The van der Waals surface area contributed by atoms with Gasteiger partial charge in [-0.25, -0.2) is 0 Å². The molecule has 0 amide bonds. The van der Waals surface area contributed by atoms with Crippen molar-refractivity contribution < 1.29 is 9.47 Å². The number of unbranched alkanes of at least 4 members (excludes halogenated alkanes) is 4. The Hall–Kier alpha value is -0.123. The standard InChI is InChI=1S/C11H24O2Si/c1-4-5-6-7-8-9-10-11(14,12-2)13-3/h9-10H,4-8H2,1-3,14H3. The van der Waals surface area contributed by atoms with E-state index in [0.29, 0.717) is 0 Å². The number of allylic oxidation sites excluding steroid dienone is 1. The summed E-state index contributed by atoms with van der Waals surface area (Å²) in [6, 6.07) is 0. The van der Waals surface area contributed by atoms with Gasteiger partial charge >= 0.3 is 0 Å². The molecule has 3 heteroatoms. The zero-order valence-electron chi connectivity index (χ0n) is 10.0. The Kier molecular flexibility index (Phi) is 8.13. The van der Waals surface area contributed by atoms with Crippen LogP contribution < -0.4 is 0 Å². The second-order valence-corrected chi connectivity index (χ2v) is 5.07. The highest BCUT2D eigenvalue weighted by molar-refractivity contribution is 6.14. The molecule has 0 aliphatic carbocycles. The van der Waals surface area contributed by atoms with Gasteiger partial charge in [0.1, 0.15) is 0 Å². The highest BCUT2D eigenvalue weighted by Crippen LogP contribution is 2.09. The fourth-order valence-electron chi connectivity index (χ4n) is 1.21. The van der Waals surface area contributed by atoms with Crippen LogP contribution >= 0.6 is 0 Å². The molecule has 0 saturated heterocycles. The van der Waals surface area contributed by atoms with E-state index in [1.165, 1.54) is 25.7 Å². The summed E-state index contributed by atoms with van der Waals surface area (Å²) in [5.74, 6) is 0. The lowest BCUT2D eigenvalue weighted by atomic mass is 10.1. The Bertz CT molecular complexity index is 153. The number of hydrogen-bond acceptors (Lipinski definition) is 2. The molecule has 0 saturated carbocycles. The minimum Gasteiger partial charge on any atom is -0.354 e. The van der Waals surface area contributed by atoms with Gasteiger partial charge in [-0.3, -0.25) is 0 Å². The molecule has 0 aromatic heterocycles. The largest absolute Gasteiger partial charge is 0.354 e. The minimum atomic E-state index is -0.412. The molecule has 0 spiro atoms. The Balaban J connectivity index is 3.59. The molecule has 84 valence electrons. The zero-order chi connectivity index (χ0) is 10.9. The molecule has 0 fully saturated rings. The van der Waals surface area contributed by atoms with Crippen LogP contribution in [0.3, 0.4) is 0 Å². The van der Waals surface area contributed by atoms with Crippen LogP contribution in [-0.4, -0.2) is 29.9 Å². The molecule has 0 unspecified atom stereocenters. The Morgan fingerprint density at radius 1 is 1.14 bits per heavy atom. The molecule has 14 heavy (non-hydrogen) atoms. The van der Waals surface area contributed by atoms with E-state index >= 15 is 0 Å². The molecule has 0 aliphatic rings. The van der Waals surface area contributed by atoms with Crippen LogP contribution in [0.15, 0.2) is 12.2 Å². The molecule has 0 aliphatic heterocycles. The number of ether oxygens (including phenoxy) is 2. The van der Waals surface area contributed by atoms with Crippen LogP contribution in [0.5, 0.6) is 0 Å². The van der Waals surface area contributed by atoms with Gasteiger partial charge in [0.15, 0.2) is 5.41 Å². The number of methoxy groups -OCH3 is 2. The van der Waals surface area contributed by atoms with Crippen LogP contribution in [0.4, 0.5) is 0 Å². The Labute approximate surface area is 91.1 Å². The molecule has 2 nitrogen and oxygen atoms in total. The smallest absolute Gasteiger partial charge is 0.158 e. The van der Waals surface area contributed by atoms with Crippen molar-refractivity contribution >= 4 is 10.2 Å². The SMILES string of the molecule is CCCCCCC=CC([SiH3])(OC)OC. The summed E-state index contributed by atoms with van der Waals surface area (Å²) in [7, 11) is 4.24. The Morgan fingerprint density at radius 2 is 1.79 bits per heavy atom. The first-order valence-electron chi connectivity index (χ1n) is 5.46. The van der Waals surface area contributed by atoms with Gasteiger partial charge in [0, 0.05) is 14.2 Å². The van der Waals surface area contributed by atoms with Crippen LogP contribution in [0.1, 0.15) is 39.0 Å². The molecule has 0 aromatic rings. The minimum absolute atomic E-state index is 0.412.